The topological polar surface area (TPSA) is 139 Å². The minimum absolute atomic E-state index is 0.0618. The number of carbonyl (C=O) groups is 2. The molecule has 51 heavy (non-hydrogen) atoms. The van der Waals surface area contributed by atoms with Gasteiger partial charge in [0.2, 0.25) is 5.91 Å². The number of morpholine rings is 1. The standard InChI is InChI=1S/C40H51N3O8/c1-40(15-19-49-27-40)51-39(47)41-34(24-28-7-3-2-4-8-28)35(44)26-31(38(46)42-37-33-10-6-5-9-30(33)25-36(37)45)23-29-11-13-32(14-12-29)50-22-18-43-16-20-48-21-17-43/h2-14,31,34-37,44-45H,15-27H2,1H3,(H,41,47)(H,42,46)/t31-,34+,35+,36-,37+,40+/m1/s1. The van der Waals surface area contributed by atoms with Gasteiger partial charge in [-0.25, -0.2) is 4.79 Å². The molecule has 0 unspecified atom stereocenters. The lowest BCUT2D eigenvalue weighted by molar-refractivity contribution is -0.127. The van der Waals surface area contributed by atoms with E-state index in [-0.39, 0.29) is 12.3 Å². The van der Waals surface area contributed by atoms with Crippen LogP contribution in [0.5, 0.6) is 5.75 Å². The van der Waals surface area contributed by atoms with Crippen molar-refractivity contribution < 1.29 is 38.7 Å². The predicted octanol–water partition coefficient (Wildman–Crippen LogP) is 3.60. The lowest BCUT2D eigenvalue weighted by Crippen LogP contribution is -2.49. The largest absolute Gasteiger partial charge is 0.492 e. The number of aliphatic hydroxyl groups excluding tert-OH is 2. The molecule has 11 heteroatoms. The van der Waals surface area contributed by atoms with E-state index >= 15 is 0 Å². The lowest BCUT2D eigenvalue weighted by Gasteiger charge is -2.30. The van der Waals surface area contributed by atoms with Gasteiger partial charge in [0.25, 0.3) is 0 Å². The zero-order valence-corrected chi connectivity index (χ0v) is 29.4. The van der Waals surface area contributed by atoms with Gasteiger partial charge < -0.3 is 39.8 Å². The molecule has 2 fully saturated rings. The molecule has 0 saturated carbocycles. The Labute approximate surface area is 300 Å². The molecule has 6 rings (SSSR count). The summed E-state index contributed by atoms with van der Waals surface area (Å²) < 4.78 is 22.6. The molecule has 2 saturated heterocycles. The molecule has 0 spiro atoms. The van der Waals surface area contributed by atoms with Gasteiger partial charge in [-0.05, 0) is 60.6 Å². The second-order valence-corrected chi connectivity index (χ2v) is 14.2. The molecule has 274 valence electrons. The van der Waals surface area contributed by atoms with E-state index in [1.165, 1.54) is 0 Å². The molecule has 0 bridgehead atoms. The second-order valence-electron chi connectivity index (χ2n) is 14.2. The summed E-state index contributed by atoms with van der Waals surface area (Å²) in [6.07, 6.45) is -0.716. The van der Waals surface area contributed by atoms with Crippen molar-refractivity contribution in [3.05, 3.63) is 101 Å². The fraction of sp³-hybridized carbons (Fsp3) is 0.500. The molecule has 1 aliphatic carbocycles. The zero-order chi connectivity index (χ0) is 35.6. The van der Waals surface area contributed by atoms with Gasteiger partial charge in [-0.1, -0.05) is 66.7 Å². The third-order valence-corrected chi connectivity index (χ3v) is 10.2. The Morgan fingerprint density at radius 3 is 2.41 bits per heavy atom. The zero-order valence-electron chi connectivity index (χ0n) is 29.4. The molecular formula is C40H51N3O8. The SMILES string of the molecule is C[C@]1(OC(=O)N[C@@H](Cc2ccccc2)[C@@H](O)C[C@@H](Cc2ccc(OCCN3CCOCC3)cc2)C(=O)N[C@H]2c3ccccc3C[C@H]2O)CCOC1. The number of alkyl carbamates (subject to hydrolysis) is 1. The van der Waals surface area contributed by atoms with E-state index in [9.17, 15) is 19.8 Å². The molecule has 2 heterocycles. The quantitative estimate of drug-likeness (QED) is 0.187. The first-order chi connectivity index (χ1) is 24.7. The highest BCUT2D eigenvalue weighted by Crippen LogP contribution is 2.32. The number of hydrogen-bond acceptors (Lipinski definition) is 9. The highest BCUT2D eigenvalue weighted by molar-refractivity contribution is 5.80. The summed E-state index contributed by atoms with van der Waals surface area (Å²) in [6, 6.07) is 23.7. The summed E-state index contributed by atoms with van der Waals surface area (Å²) >= 11 is 0. The van der Waals surface area contributed by atoms with Gasteiger partial charge in [0.15, 0.2) is 0 Å². The van der Waals surface area contributed by atoms with Crippen LogP contribution in [0.15, 0.2) is 78.9 Å². The van der Waals surface area contributed by atoms with Crippen LogP contribution in [0.3, 0.4) is 0 Å². The monoisotopic (exact) mass is 701 g/mol. The van der Waals surface area contributed by atoms with E-state index in [1.54, 1.807) is 0 Å². The van der Waals surface area contributed by atoms with Gasteiger partial charge in [0.05, 0.1) is 50.7 Å². The Kier molecular flexibility index (Phi) is 12.6. The minimum Gasteiger partial charge on any atom is -0.492 e. The number of aliphatic hydroxyl groups is 2. The number of nitrogens with zero attached hydrogens (tertiary/aromatic N) is 1. The number of amides is 2. The van der Waals surface area contributed by atoms with Crippen LogP contribution in [0.2, 0.25) is 0 Å². The summed E-state index contributed by atoms with van der Waals surface area (Å²) in [5, 5.41) is 28.7. The summed E-state index contributed by atoms with van der Waals surface area (Å²) in [4.78, 5) is 29.6. The van der Waals surface area contributed by atoms with Gasteiger partial charge in [-0.3, -0.25) is 9.69 Å². The number of hydrogen-bond donors (Lipinski definition) is 4. The van der Waals surface area contributed by atoms with Gasteiger partial charge in [0.1, 0.15) is 18.0 Å². The van der Waals surface area contributed by atoms with E-state index in [2.05, 4.69) is 15.5 Å². The number of carbonyl (C=O) groups excluding carboxylic acids is 2. The molecule has 6 atom stereocenters. The molecule has 2 aliphatic heterocycles. The Balaban J connectivity index is 1.16. The molecule has 0 radical (unpaired) electrons. The van der Waals surface area contributed by atoms with E-state index in [0.29, 0.717) is 45.5 Å². The average Bonchev–Trinajstić information content (AvgIpc) is 3.70. The number of nitrogens with one attached hydrogen (secondary N) is 2. The molecule has 3 aromatic rings. The number of rotatable bonds is 15. The Morgan fingerprint density at radius 2 is 1.67 bits per heavy atom. The summed E-state index contributed by atoms with van der Waals surface area (Å²) in [5.41, 5.74) is 2.98. The molecular weight excluding hydrogens is 650 g/mol. The lowest BCUT2D eigenvalue weighted by atomic mass is 9.88. The van der Waals surface area contributed by atoms with Crippen molar-refractivity contribution in [2.75, 3.05) is 52.7 Å². The third kappa shape index (κ3) is 10.3. The number of fused-ring (bicyclic) bond motifs is 1. The third-order valence-electron chi connectivity index (χ3n) is 10.2. The van der Waals surface area contributed by atoms with Crippen LogP contribution in [-0.4, -0.2) is 104 Å². The minimum atomic E-state index is -1.09. The molecule has 2 amide bonds. The Hall–Kier alpha value is -4.00. The summed E-state index contributed by atoms with van der Waals surface area (Å²) in [6.45, 7) is 7.32. The summed E-state index contributed by atoms with van der Waals surface area (Å²) in [5.74, 6) is -0.215. The molecule has 0 aromatic heterocycles. The number of ether oxygens (including phenoxy) is 4. The molecule has 3 aromatic carbocycles. The van der Waals surface area contributed by atoms with E-state index in [0.717, 1.165) is 60.9 Å². The van der Waals surface area contributed by atoms with Crippen molar-refractivity contribution in [2.45, 2.75) is 68.9 Å². The molecule has 11 nitrogen and oxygen atoms in total. The van der Waals surface area contributed by atoms with Crippen molar-refractivity contribution >= 4 is 12.0 Å². The van der Waals surface area contributed by atoms with Crippen molar-refractivity contribution in [3.63, 3.8) is 0 Å². The van der Waals surface area contributed by atoms with Gasteiger partial charge in [-0.2, -0.15) is 0 Å². The maximum atomic E-state index is 14.1. The first kappa shape index (κ1) is 36.8. The Morgan fingerprint density at radius 1 is 0.941 bits per heavy atom. The fourth-order valence-electron chi connectivity index (χ4n) is 7.17. The van der Waals surface area contributed by atoms with Crippen LogP contribution in [0.25, 0.3) is 0 Å². The van der Waals surface area contributed by atoms with Crippen molar-refractivity contribution in [1.29, 1.82) is 0 Å². The maximum absolute atomic E-state index is 14.1. The first-order valence-electron chi connectivity index (χ1n) is 18.1. The van der Waals surface area contributed by atoms with Crippen LogP contribution >= 0.6 is 0 Å². The maximum Gasteiger partial charge on any atom is 0.408 e. The first-order valence-corrected chi connectivity index (χ1v) is 18.1. The van der Waals surface area contributed by atoms with Crippen molar-refractivity contribution in [1.82, 2.24) is 15.5 Å². The normalized spacial score (nSPS) is 23.5. The van der Waals surface area contributed by atoms with Crippen molar-refractivity contribution in [2.24, 2.45) is 5.92 Å². The van der Waals surface area contributed by atoms with Crippen LogP contribution in [0, 0.1) is 5.92 Å². The predicted molar refractivity (Wildman–Crippen MR) is 191 cm³/mol. The van der Waals surface area contributed by atoms with E-state index < -0.39 is 41.9 Å². The van der Waals surface area contributed by atoms with Gasteiger partial charge >= 0.3 is 6.09 Å². The van der Waals surface area contributed by atoms with Crippen LogP contribution in [0.1, 0.15) is 48.1 Å². The van der Waals surface area contributed by atoms with E-state index in [4.69, 9.17) is 18.9 Å². The van der Waals surface area contributed by atoms with Crippen LogP contribution in [0.4, 0.5) is 4.79 Å². The van der Waals surface area contributed by atoms with Gasteiger partial charge in [-0.15, -0.1) is 0 Å². The van der Waals surface area contributed by atoms with Gasteiger partial charge in [0, 0.05) is 38.4 Å². The fourth-order valence-corrected chi connectivity index (χ4v) is 7.17. The second kappa shape index (κ2) is 17.5. The smallest absolute Gasteiger partial charge is 0.408 e. The van der Waals surface area contributed by atoms with Crippen molar-refractivity contribution in [3.8, 4) is 5.75 Å². The van der Waals surface area contributed by atoms with Crippen LogP contribution < -0.4 is 15.4 Å². The van der Waals surface area contributed by atoms with E-state index in [1.807, 2.05) is 85.8 Å². The highest BCUT2D eigenvalue weighted by Gasteiger charge is 2.37. The Bertz CT molecular complexity index is 1560. The molecule has 3 aliphatic rings. The average molecular weight is 702 g/mol. The van der Waals surface area contributed by atoms with Crippen LogP contribution in [-0.2, 0) is 38.3 Å². The number of benzene rings is 3. The highest BCUT2D eigenvalue weighted by atomic mass is 16.6. The summed E-state index contributed by atoms with van der Waals surface area (Å²) in [7, 11) is 0. The molecule has 4 N–H and O–H groups in total.